The number of benzene rings is 1. The molecule has 9 heteroatoms. The Morgan fingerprint density at radius 2 is 2.00 bits per heavy atom. The van der Waals surface area contributed by atoms with Crippen LogP contribution in [0.15, 0.2) is 29.2 Å². The smallest absolute Gasteiger partial charge is 0.341 e. The quantitative estimate of drug-likeness (QED) is 0.685. The van der Waals surface area contributed by atoms with E-state index in [4.69, 9.17) is 11.6 Å². The van der Waals surface area contributed by atoms with Gasteiger partial charge in [-0.25, -0.2) is 9.18 Å². The Bertz CT molecular complexity index is 1270. The molecule has 1 saturated heterocycles. The first-order valence-electron chi connectivity index (χ1n) is 11.1. The number of likely N-dealkylation sites (N-methyl/N-ethyl adjacent to an activating group) is 1. The predicted molar refractivity (Wildman–Crippen MR) is 124 cm³/mol. The molecule has 33 heavy (non-hydrogen) atoms. The molecule has 1 aromatic carbocycles. The first kappa shape index (κ1) is 21.9. The normalized spacial score (nSPS) is 24.2. The van der Waals surface area contributed by atoms with Crippen molar-refractivity contribution >= 4 is 40.1 Å². The van der Waals surface area contributed by atoms with Gasteiger partial charge in [-0.2, -0.15) is 0 Å². The summed E-state index contributed by atoms with van der Waals surface area (Å²) in [4.78, 5) is 40.0. The number of carboxylic acid groups (broad SMARTS) is 1. The number of nitrogens with zero attached hydrogens (tertiary/aromatic N) is 3. The summed E-state index contributed by atoms with van der Waals surface area (Å²) >= 11 is 6.79. The van der Waals surface area contributed by atoms with E-state index in [0.717, 1.165) is 25.3 Å². The van der Waals surface area contributed by atoms with E-state index in [0.29, 0.717) is 18.6 Å². The van der Waals surface area contributed by atoms with Crippen LogP contribution in [0.5, 0.6) is 0 Å². The van der Waals surface area contributed by atoms with Crippen molar-refractivity contribution < 1.29 is 19.1 Å². The molecule has 0 spiro atoms. The van der Waals surface area contributed by atoms with Gasteiger partial charge in [0.15, 0.2) is 0 Å². The van der Waals surface area contributed by atoms with Gasteiger partial charge in [-0.05, 0) is 31.2 Å². The van der Waals surface area contributed by atoms with Gasteiger partial charge in [-0.3, -0.25) is 9.59 Å². The van der Waals surface area contributed by atoms with E-state index in [1.807, 2.05) is 11.0 Å². The van der Waals surface area contributed by atoms with Crippen LogP contribution in [0, 0.1) is 17.7 Å². The lowest BCUT2D eigenvalue weighted by atomic mass is 9.81. The molecule has 1 saturated carbocycles. The summed E-state index contributed by atoms with van der Waals surface area (Å²) in [7, 11) is 1.78. The number of halogens is 2. The van der Waals surface area contributed by atoms with E-state index in [1.165, 1.54) is 13.1 Å². The number of carbonyl (C=O) groups is 2. The van der Waals surface area contributed by atoms with Gasteiger partial charge in [0.2, 0.25) is 11.3 Å². The second-order valence-corrected chi connectivity index (χ2v) is 9.72. The topological polar surface area (TPSA) is 82.8 Å². The third kappa shape index (κ3) is 3.51. The number of aromatic carboxylic acids is 1. The largest absolute Gasteiger partial charge is 0.477 e. The number of hydrogen-bond donors (Lipinski definition) is 1. The molecule has 5 rings (SSSR count). The lowest BCUT2D eigenvalue weighted by Gasteiger charge is -2.35. The van der Waals surface area contributed by atoms with Crippen LogP contribution < -0.4 is 10.3 Å². The van der Waals surface area contributed by atoms with Gasteiger partial charge in [0.25, 0.3) is 0 Å². The highest BCUT2D eigenvalue weighted by molar-refractivity contribution is 6.38. The van der Waals surface area contributed by atoms with Crippen molar-refractivity contribution in [3.05, 3.63) is 51.0 Å². The Kier molecular flexibility index (Phi) is 5.23. The maximum absolute atomic E-state index is 15.5. The minimum atomic E-state index is -1.34. The average Bonchev–Trinajstić information content (AvgIpc) is 3.51. The van der Waals surface area contributed by atoms with Crippen LogP contribution in [0.4, 0.5) is 10.1 Å². The van der Waals surface area contributed by atoms with E-state index in [-0.39, 0.29) is 51.5 Å². The van der Waals surface area contributed by atoms with Gasteiger partial charge in [-0.15, -0.1) is 0 Å². The van der Waals surface area contributed by atoms with Gasteiger partial charge in [-0.1, -0.05) is 23.8 Å². The first-order valence-corrected chi connectivity index (χ1v) is 11.5. The summed E-state index contributed by atoms with van der Waals surface area (Å²) in [5, 5.41) is 9.58. The van der Waals surface area contributed by atoms with Gasteiger partial charge in [0, 0.05) is 45.2 Å². The molecule has 174 valence electrons. The molecular weight excluding hydrogens is 449 g/mol. The number of allylic oxidation sites excluding steroid dienone is 1. The van der Waals surface area contributed by atoms with Crippen molar-refractivity contribution in [1.82, 2.24) is 9.47 Å². The Morgan fingerprint density at radius 3 is 2.64 bits per heavy atom. The second-order valence-electron chi connectivity index (χ2n) is 9.35. The molecule has 1 aromatic heterocycles. The Morgan fingerprint density at radius 1 is 1.27 bits per heavy atom. The number of pyridine rings is 1. The van der Waals surface area contributed by atoms with E-state index < -0.39 is 17.2 Å². The highest BCUT2D eigenvalue weighted by Crippen LogP contribution is 2.45. The van der Waals surface area contributed by atoms with Crippen molar-refractivity contribution in [3.8, 4) is 0 Å². The predicted octanol–water partition coefficient (Wildman–Crippen LogP) is 3.69. The molecule has 2 fully saturated rings. The van der Waals surface area contributed by atoms with Crippen LogP contribution in [-0.4, -0.2) is 52.6 Å². The monoisotopic (exact) mass is 473 g/mol. The average molecular weight is 474 g/mol. The summed E-state index contributed by atoms with van der Waals surface area (Å²) in [5.41, 5.74) is -0.495. The number of hydrogen-bond acceptors (Lipinski definition) is 4. The van der Waals surface area contributed by atoms with E-state index in [9.17, 15) is 19.5 Å². The number of aromatic nitrogens is 1. The zero-order chi connectivity index (χ0) is 23.6. The standard InChI is InChI=1S/C24H25ClFN3O4/c1-12(30)27(2)19-5-3-4-13-9-28(10-16(13)19)22-18(26)8-15-21(20(22)25)29(14-6-7-14)11-17(23(15)31)24(32)33/h3,5,8,11,13-14,16,19H,4,6-7,9-10H2,1-2H3,(H,32,33). The third-order valence-electron chi connectivity index (χ3n) is 7.32. The molecule has 3 aliphatic rings. The van der Waals surface area contributed by atoms with Crippen LogP contribution >= 0.6 is 11.6 Å². The maximum Gasteiger partial charge on any atom is 0.341 e. The molecule has 0 radical (unpaired) electrons. The van der Waals surface area contributed by atoms with Crippen molar-refractivity contribution in [2.24, 2.45) is 11.8 Å². The zero-order valence-electron chi connectivity index (χ0n) is 18.4. The highest BCUT2D eigenvalue weighted by atomic mass is 35.5. The summed E-state index contributed by atoms with van der Waals surface area (Å²) in [6.07, 6.45) is 7.99. The van der Waals surface area contributed by atoms with Gasteiger partial charge in [0.1, 0.15) is 11.4 Å². The summed E-state index contributed by atoms with van der Waals surface area (Å²) < 4.78 is 17.2. The van der Waals surface area contributed by atoms with Crippen LogP contribution in [0.25, 0.3) is 10.9 Å². The fraction of sp³-hybridized carbons (Fsp3) is 0.458. The van der Waals surface area contributed by atoms with Crippen molar-refractivity contribution in [2.45, 2.75) is 38.3 Å². The maximum atomic E-state index is 15.5. The molecule has 2 aliphatic carbocycles. The van der Waals surface area contributed by atoms with Crippen molar-refractivity contribution in [2.75, 3.05) is 25.0 Å². The highest BCUT2D eigenvalue weighted by Gasteiger charge is 2.42. The van der Waals surface area contributed by atoms with Gasteiger partial charge in [0.05, 0.1) is 27.7 Å². The molecule has 3 unspecified atom stereocenters. The van der Waals surface area contributed by atoms with Crippen molar-refractivity contribution in [3.63, 3.8) is 0 Å². The number of amides is 1. The van der Waals surface area contributed by atoms with Crippen LogP contribution in [0.1, 0.15) is 42.6 Å². The molecule has 1 aliphatic heterocycles. The number of carboxylic acids is 1. The summed E-state index contributed by atoms with van der Waals surface area (Å²) in [6.45, 7) is 2.65. The number of carbonyl (C=O) groups excluding carboxylic acids is 1. The number of fused-ring (bicyclic) bond motifs is 2. The Hall–Kier alpha value is -2.87. The molecule has 1 amide bonds. The van der Waals surface area contributed by atoms with E-state index >= 15 is 4.39 Å². The summed E-state index contributed by atoms with van der Waals surface area (Å²) in [5.74, 6) is -1.63. The van der Waals surface area contributed by atoms with Crippen LogP contribution in [0.3, 0.4) is 0 Å². The molecule has 2 aromatic rings. The molecule has 7 nitrogen and oxygen atoms in total. The third-order valence-corrected chi connectivity index (χ3v) is 7.68. The fourth-order valence-corrected chi connectivity index (χ4v) is 5.80. The van der Waals surface area contributed by atoms with E-state index in [2.05, 4.69) is 6.08 Å². The Labute approximate surface area is 195 Å². The SMILES string of the molecule is CC(=O)N(C)C1C=CCC2CN(c3c(F)cc4c(=O)c(C(=O)O)cn(C5CC5)c4c3Cl)CC21. The minimum absolute atomic E-state index is 0.0134. The van der Waals surface area contributed by atoms with Gasteiger partial charge >= 0.3 is 5.97 Å². The summed E-state index contributed by atoms with van der Waals surface area (Å²) in [6, 6.07) is 1.10. The first-order chi connectivity index (χ1) is 15.7. The van der Waals surface area contributed by atoms with Crippen molar-refractivity contribution in [1.29, 1.82) is 0 Å². The van der Waals surface area contributed by atoms with Gasteiger partial charge < -0.3 is 19.5 Å². The fourth-order valence-electron chi connectivity index (χ4n) is 5.39. The Balaban J connectivity index is 1.61. The zero-order valence-corrected chi connectivity index (χ0v) is 19.2. The molecule has 1 N–H and O–H groups in total. The lowest BCUT2D eigenvalue weighted by molar-refractivity contribution is -0.129. The van der Waals surface area contributed by atoms with E-state index in [1.54, 1.807) is 16.5 Å². The number of rotatable bonds is 4. The molecule has 2 heterocycles. The lowest BCUT2D eigenvalue weighted by Crippen LogP contribution is -2.43. The number of anilines is 1. The molecule has 3 atom stereocenters. The second kappa shape index (κ2) is 7.87. The molecule has 0 bridgehead atoms. The minimum Gasteiger partial charge on any atom is -0.477 e. The van der Waals surface area contributed by atoms with Crippen LogP contribution in [0.2, 0.25) is 5.02 Å². The molecular formula is C24H25ClFN3O4. The van der Waals surface area contributed by atoms with Crippen LogP contribution in [-0.2, 0) is 4.79 Å².